The molecule has 1 fully saturated rings. The molecule has 24 heavy (non-hydrogen) atoms. The van der Waals surface area contributed by atoms with Gasteiger partial charge in [0.25, 0.3) is 0 Å². The summed E-state index contributed by atoms with van der Waals surface area (Å²) in [7, 11) is 1.26. The average Bonchev–Trinajstić information content (AvgIpc) is 2.54. The summed E-state index contributed by atoms with van der Waals surface area (Å²) in [4.78, 5) is 41.9. The maximum Gasteiger partial charge on any atom is 0.346 e. The van der Waals surface area contributed by atoms with E-state index in [1.807, 2.05) is 0 Å². The van der Waals surface area contributed by atoms with E-state index < -0.39 is 11.7 Å². The lowest BCUT2D eigenvalue weighted by Crippen LogP contribution is -2.41. The van der Waals surface area contributed by atoms with Gasteiger partial charge < -0.3 is 15.0 Å². The molecule has 0 radical (unpaired) electrons. The number of hydrogen-bond acceptors (Lipinski definition) is 6. The highest BCUT2D eigenvalue weighted by Gasteiger charge is 2.24. The number of nitrogens with one attached hydrogen (secondary N) is 2. The van der Waals surface area contributed by atoms with E-state index in [0.29, 0.717) is 11.6 Å². The van der Waals surface area contributed by atoms with Gasteiger partial charge in [-0.3, -0.25) is 4.79 Å². The summed E-state index contributed by atoms with van der Waals surface area (Å²) in [5.41, 5.74) is 0.0237. The maximum atomic E-state index is 12.2. The van der Waals surface area contributed by atoms with Gasteiger partial charge >= 0.3 is 11.7 Å². The van der Waals surface area contributed by atoms with Gasteiger partial charge in [0.05, 0.1) is 12.9 Å². The zero-order chi connectivity index (χ0) is 17.7. The van der Waals surface area contributed by atoms with Crippen molar-refractivity contribution in [3.05, 3.63) is 21.7 Å². The van der Waals surface area contributed by atoms with Crippen molar-refractivity contribution in [1.82, 2.24) is 15.3 Å². The molecule has 0 bridgehead atoms. The van der Waals surface area contributed by atoms with Gasteiger partial charge in [0, 0.05) is 11.7 Å². The van der Waals surface area contributed by atoms with Crippen molar-refractivity contribution in [3.8, 4) is 0 Å². The van der Waals surface area contributed by atoms with Gasteiger partial charge in [-0.2, -0.15) is 4.98 Å². The van der Waals surface area contributed by atoms with Crippen molar-refractivity contribution in [2.75, 3.05) is 12.9 Å². The van der Waals surface area contributed by atoms with E-state index in [2.05, 4.69) is 22.2 Å². The summed E-state index contributed by atoms with van der Waals surface area (Å²) in [6.45, 7) is 3.75. The second-order valence-electron chi connectivity index (χ2n) is 6.06. The summed E-state index contributed by atoms with van der Waals surface area (Å²) in [6.07, 6.45) is 4.46. The number of aromatic amines is 1. The van der Waals surface area contributed by atoms with Crippen LogP contribution in [0.4, 0.5) is 0 Å². The van der Waals surface area contributed by atoms with Gasteiger partial charge in [0.2, 0.25) is 5.91 Å². The van der Waals surface area contributed by atoms with Gasteiger partial charge in [-0.1, -0.05) is 31.5 Å². The van der Waals surface area contributed by atoms with Crippen molar-refractivity contribution >= 4 is 23.6 Å². The van der Waals surface area contributed by atoms with Crippen molar-refractivity contribution < 1.29 is 14.3 Å². The molecule has 0 aromatic carbocycles. The summed E-state index contributed by atoms with van der Waals surface area (Å²) in [5, 5.41) is 3.26. The van der Waals surface area contributed by atoms with Crippen molar-refractivity contribution in [2.24, 2.45) is 5.92 Å². The number of aryl methyl sites for hydroxylation is 1. The fourth-order valence-corrected chi connectivity index (χ4v) is 3.80. The van der Waals surface area contributed by atoms with Crippen molar-refractivity contribution in [3.63, 3.8) is 0 Å². The molecule has 1 aliphatic carbocycles. The predicted molar refractivity (Wildman–Crippen MR) is 91.2 cm³/mol. The molecule has 132 valence electrons. The molecule has 2 rings (SSSR count). The monoisotopic (exact) mass is 353 g/mol. The van der Waals surface area contributed by atoms with E-state index in [0.717, 1.165) is 31.0 Å². The SMILES string of the molecule is COC(=O)c1c(SCC(=O)N[C@H]2CCCC[C@@H]2C)nc(=O)[nH]c1C. The molecule has 1 aromatic heterocycles. The molecule has 1 aromatic rings. The summed E-state index contributed by atoms with van der Waals surface area (Å²) < 4.78 is 4.73. The first-order valence-electron chi connectivity index (χ1n) is 8.03. The van der Waals surface area contributed by atoms with Crippen LogP contribution in [-0.2, 0) is 9.53 Å². The molecular formula is C16H23N3O4S. The standard InChI is InChI=1S/C16H23N3O4S/c1-9-6-4-5-7-11(9)18-12(20)8-24-14-13(15(21)23-3)10(2)17-16(22)19-14/h9,11H,4-8H2,1-3H3,(H,18,20)(H,17,19,22)/t9-,11-/m0/s1. The fraction of sp³-hybridized carbons (Fsp3) is 0.625. The Morgan fingerprint density at radius 2 is 2.08 bits per heavy atom. The number of nitrogens with zero attached hydrogens (tertiary/aromatic N) is 1. The molecule has 1 amide bonds. The van der Waals surface area contributed by atoms with E-state index in [1.54, 1.807) is 6.92 Å². The van der Waals surface area contributed by atoms with Crippen LogP contribution in [0.3, 0.4) is 0 Å². The van der Waals surface area contributed by atoms with Crippen LogP contribution in [0, 0.1) is 12.8 Å². The van der Waals surface area contributed by atoms with Crippen LogP contribution in [0.2, 0.25) is 0 Å². The Kier molecular flexibility index (Phi) is 6.42. The molecule has 0 unspecified atom stereocenters. The zero-order valence-corrected chi connectivity index (χ0v) is 15.0. The normalized spacial score (nSPS) is 20.5. The number of hydrogen-bond donors (Lipinski definition) is 2. The number of H-pyrrole nitrogens is 1. The topological polar surface area (TPSA) is 101 Å². The van der Waals surface area contributed by atoms with Crippen LogP contribution >= 0.6 is 11.8 Å². The van der Waals surface area contributed by atoms with Crippen LogP contribution in [0.25, 0.3) is 0 Å². The fourth-order valence-electron chi connectivity index (χ4n) is 2.92. The molecule has 1 heterocycles. The van der Waals surface area contributed by atoms with Crippen LogP contribution in [-0.4, -0.2) is 40.7 Å². The summed E-state index contributed by atoms with van der Waals surface area (Å²) >= 11 is 1.07. The number of amides is 1. The number of methoxy groups -OCH3 is 1. The molecule has 1 aliphatic rings. The first kappa shape index (κ1) is 18.5. The van der Waals surface area contributed by atoms with Gasteiger partial charge in [-0.15, -0.1) is 0 Å². The van der Waals surface area contributed by atoms with Gasteiger partial charge in [-0.05, 0) is 25.7 Å². The lowest BCUT2D eigenvalue weighted by molar-refractivity contribution is -0.119. The Morgan fingerprint density at radius 3 is 2.75 bits per heavy atom. The number of aromatic nitrogens is 2. The van der Waals surface area contributed by atoms with E-state index in [9.17, 15) is 14.4 Å². The van der Waals surface area contributed by atoms with Gasteiger partial charge in [0.15, 0.2) is 0 Å². The molecule has 8 heteroatoms. The van der Waals surface area contributed by atoms with Crippen LogP contribution in [0.5, 0.6) is 0 Å². The molecule has 0 saturated heterocycles. The highest BCUT2D eigenvalue weighted by molar-refractivity contribution is 8.00. The average molecular weight is 353 g/mol. The summed E-state index contributed by atoms with van der Waals surface area (Å²) in [6, 6.07) is 0.195. The Hall–Kier alpha value is -1.83. The molecule has 2 atom stereocenters. The Balaban J connectivity index is 2.04. The van der Waals surface area contributed by atoms with Crippen LogP contribution < -0.4 is 11.0 Å². The second-order valence-corrected chi connectivity index (χ2v) is 7.03. The largest absolute Gasteiger partial charge is 0.465 e. The Bertz CT molecular complexity index is 674. The quantitative estimate of drug-likeness (QED) is 0.474. The molecular weight excluding hydrogens is 330 g/mol. The number of rotatable bonds is 5. The number of carbonyl (C=O) groups excluding carboxylic acids is 2. The number of ether oxygens (including phenoxy) is 1. The van der Waals surface area contributed by atoms with E-state index >= 15 is 0 Å². The van der Waals surface area contributed by atoms with E-state index in [1.165, 1.54) is 13.5 Å². The third-order valence-electron chi connectivity index (χ3n) is 4.27. The number of esters is 1. The number of carbonyl (C=O) groups is 2. The van der Waals surface area contributed by atoms with Gasteiger partial charge in [0.1, 0.15) is 10.6 Å². The first-order valence-corrected chi connectivity index (χ1v) is 9.02. The highest BCUT2D eigenvalue weighted by Crippen LogP contribution is 2.25. The Labute approximate surface area is 145 Å². The van der Waals surface area contributed by atoms with Crippen molar-refractivity contribution in [1.29, 1.82) is 0 Å². The molecule has 0 spiro atoms. The van der Waals surface area contributed by atoms with Crippen LogP contribution in [0.15, 0.2) is 9.82 Å². The maximum absolute atomic E-state index is 12.2. The number of thioether (sulfide) groups is 1. The third kappa shape index (κ3) is 4.59. The van der Waals surface area contributed by atoms with E-state index in [4.69, 9.17) is 4.74 Å². The molecule has 0 aliphatic heterocycles. The first-order chi connectivity index (χ1) is 11.4. The smallest absolute Gasteiger partial charge is 0.346 e. The highest BCUT2D eigenvalue weighted by atomic mass is 32.2. The minimum absolute atomic E-state index is 0.100. The molecule has 2 N–H and O–H groups in total. The van der Waals surface area contributed by atoms with Crippen LogP contribution in [0.1, 0.15) is 48.7 Å². The third-order valence-corrected chi connectivity index (χ3v) is 5.25. The lowest BCUT2D eigenvalue weighted by atomic mass is 9.86. The molecule has 7 nitrogen and oxygen atoms in total. The minimum Gasteiger partial charge on any atom is -0.465 e. The zero-order valence-electron chi connectivity index (χ0n) is 14.2. The second kappa shape index (κ2) is 8.32. The predicted octanol–water partition coefficient (Wildman–Crippen LogP) is 1.65. The van der Waals surface area contributed by atoms with E-state index in [-0.39, 0.29) is 28.3 Å². The molecule has 1 saturated carbocycles. The minimum atomic E-state index is -0.583. The lowest BCUT2D eigenvalue weighted by Gasteiger charge is -2.29. The summed E-state index contributed by atoms with van der Waals surface area (Å²) in [5.74, 6) is -0.129. The van der Waals surface area contributed by atoms with Crippen molar-refractivity contribution in [2.45, 2.75) is 50.6 Å². The van der Waals surface area contributed by atoms with Gasteiger partial charge in [-0.25, -0.2) is 9.59 Å². The Morgan fingerprint density at radius 1 is 1.38 bits per heavy atom.